The molecule has 0 saturated carbocycles. The maximum atomic E-state index is 13.3. The Morgan fingerprint density at radius 3 is 2.38 bits per heavy atom. The largest absolute Gasteiger partial charge is 0.355 e. The third kappa shape index (κ3) is 3.64. The number of carbonyl (C=O) groups excluding carboxylic acids is 2. The zero-order chi connectivity index (χ0) is 20.7. The van der Waals surface area contributed by atoms with Crippen molar-refractivity contribution < 1.29 is 9.59 Å². The lowest BCUT2D eigenvalue weighted by Crippen LogP contribution is -2.51. The van der Waals surface area contributed by atoms with Crippen molar-refractivity contribution in [2.45, 2.75) is 58.5 Å². The Bertz CT molecular complexity index is 921. The summed E-state index contributed by atoms with van der Waals surface area (Å²) in [5.41, 5.74) is 5.70. The van der Waals surface area contributed by atoms with E-state index in [0.29, 0.717) is 17.3 Å². The number of aryl methyl sites for hydroxylation is 1. The standard InChI is InChI=1S/C24H31N3O2/c1-15-22(16(2)25-23(15)17(3)28)24(29)26(4)20-10-7-11-27(14-20)21-12-18-8-5-6-9-19(18)13-21/h5-6,8-9,20-21,25H,7,10-14H2,1-4H3. The molecule has 1 aromatic carbocycles. The Hall–Kier alpha value is -2.40. The summed E-state index contributed by atoms with van der Waals surface area (Å²) in [7, 11) is 1.92. The zero-order valence-electron chi connectivity index (χ0n) is 17.9. The van der Waals surface area contributed by atoms with Crippen molar-refractivity contribution in [3.8, 4) is 0 Å². The number of Topliss-reactive ketones (excluding diaryl/α,β-unsaturated/α-hetero) is 1. The first-order valence-electron chi connectivity index (χ1n) is 10.6. The molecule has 154 valence electrons. The van der Waals surface area contributed by atoms with Gasteiger partial charge in [-0.15, -0.1) is 0 Å². The molecule has 1 fully saturated rings. The first-order chi connectivity index (χ1) is 13.9. The predicted molar refractivity (Wildman–Crippen MR) is 115 cm³/mol. The minimum absolute atomic E-state index is 0.0188. The molecule has 0 spiro atoms. The first kappa shape index (κ1) is 19.9. The van der Waals surface area contributed by atoms with Crippen LogP contribution in [0.4, 0.5) is 0 Å². The van der Waals surface area contributed by atoms with Gasteiger partial charge >= 0.3 is 0 Å². The SMILES string of the molecule is CC(=O)c1[nH]c(C)c(C(=O)N(C)C2CCCN(C3Cc4ccccc4C3)C2)c1C. The van der Waals surface area contributed by atoms with E-state index < -0.39 is 0 Å². The van der Waals surface area contributed by atoms with Crippen LogP contribution in [0.25, 0.3) is 0 Å². The van der Waals surface area contributed by atoms with Crippen molar-refractivity contribution in [2.24, 2.45) is 0 Å². The highest BCUT2D eigenvalue weighted by Gasteiger charge is 2.34. The maximum absolute atomic E-state index is 13.3. The van der Waals surface area contributed by atoms with E-state index in [0.717, 1.165) is 50.0 Å². The number of aromatic amines is 1. The molecule has 2 aromatic rings. The number of hydrogen-bond acceptors (Lipinski definition) is 3. The van der Waals surface area contributed by atoms with E-state index in [9.17, 15) is 9.59 Å². The highest BCUT2D eigenvalue weighted by molar-refractivity contribution is 6.02. The number of rotatable bonds is 4. The van der Waals surface area contributed by atoms with Crippen molar-refractivity contribution in [3.63, 3.8) is 0 Å². The van der Waals surface area contributed by atoms with Crippen molar-refractivity contribution in [1.29, 1.82) is 0 Å². The number of carbonyl (C=O) groups is 2. The van der Waals surface area contributed by atoms with Gasteiger partial charge in [-0.3, -0.25) is 14.5 Å². The summed E-state index contributed by atoms with van der Waals surface area (Å²) in [4.78, 5) is 32.7. The van der Waals surface area contributed by atoms with Gasteiger partial charge in [-0.2, -0.15) is 0 Å². The van der Waals surface area contributed by atoms with Gasteiger partial charge in [0.05, 0.1) is 11.3 Å². The number of H-pyrrole nitrogens is 1. The molecule has 5 heteroatoms. The molecule has 1 saturated heterocycles. The first-order valence-corrected chi connectivity index (χ1v) is 10.6. The van der Waals surface area contributed by atoms with E-state index in [4.69, 9.17) is 0 Å². The molecule has 1 atom stereocenters. The number of likely N-dealkylation sites (N-methyl/N-ethyl adjacent to an activating group) is 1. The van der Waals surface area contributed by atoms with Crippen LogP contribution in [-0.2, 0) is 12.8 Å². The average Bonchev–Trinajstić information content (AvgIpc) is 3.27. The quantitative estimate of drug-likeness (QED) is 0.809. The molecule has 0 radical (unpaired) electrons. The molecule has 1 amide bonds. The molecule has 2 heterocycles. The smallest absolute Gasteiger partial charge is 0.255 e. The van der Waals surface area contributed by atoms with Gasteiger partial charge in [0.25, 0.3) is 5.91 Å². The molecule has 29 heavy (non-hydrogen) atoms. The molecule has 1 aliphatic carbocycles. The third-order valence-electron chi connectivity index (χ3n) is 6.85. The summed E-state index contributed by atoms with van der Waals surface area (Å²) in [6, 6.07) is 9.49. The van der Waals surface area contributed by atoms with Gasteiger partial charge in [-0.05, 0) is 62.8 Å². The normalized spacial score (nSPS) is 19.9. The van der Waals surface area contributed by atoms with Crippen molar-refractivity contribution >= 4 is 11.7 Å². The van der Waals surface area contributed by atoms with Crippen LogP contribution < -0.4 is 0 Å². The lowest BCUT2D eigenvalue weighted by Gasteiger charge is -2.40. The molecular formula is C24H31N3O2. The van der Waals surface area contributed by atoms with Gasteiger partial charge in [-0.1, -0.05) is 24.3 Å². The number of ketones is 1. The van der Waals surface area contributed by atoms with E-state index in [-0.39, 0.29) is 17.7 Å². The van der Waals surface area contributed by atoms with E-state index in [1.165, 1.54) is 18.1 Å². The number of fused-ring (bicyclic) bond motifs is 1. The van der Waals surface area contributed by atoms with Crippen molar-refractivity contribution in [1.82, 2.24) is 14.8 Å². The Morgan fingerprint density at radius 1 is 1.14 bits per heavy atom. The number of nitrogens with one attached hydrogen (secondary N) is 1. The Kier molecular flexibility index (Phi) is 5.34. The fourth-order valence-electron chi connectivity index (χ4n) is 5.19. The van der Waals surface area contributed by atoms with Gasteiger partial charge < -0.3 is 9.88 Å². The second-order valence-corrected chi connectivity index (χ2v) is 8.72. The lowest BCUT2D eigenvalue weighted by molar-refractivity contribution is 0.0554. The van der Waals surface area contributed by atoms with E-state index >= 15 is 0 Å². The topological polar surface area (TPSA) is 56.4 Å². The predicted octanol–water partition coefficient (Wildman–Crippen LogP) is 3.54. The van der Waals surface area contributed by atoms with E-state index in [2.05, 4.69) is 34.1 Å². The molecule has 0 bridgehead atoms. The molecule has 2 aliphatic rings. The highest BCUT2D eigenvalue weighted by atomic mass is 16.2. The van der Waals surface area contributed by atoms with Crippen LogP contribution in [-0.4, -0.2) is 58.7 Å². The molecule has 1 aliphatic heterocycles. The maximum Gasteiger partial charge on any atom is 0.255 e. The third-order valence-corrected chi connectivity index (χ3v) is 6.85. The summed E-state index contributed by atoms with van der Waals surface area (Å²) >= 11 is 0. The van der Waals surface area contributed by atoms with Gasteiger partial charge in [0.2, 0.25) is 0 Å². The number of hydrogen-bond donors (Lipinski definition) is 1. The molecular weight excluding hydrogens is 362 g/mol. The Labute approximate surface area is 173 Å². The Morgan fingerprint density at radius 2 is 1.79 bits per heavy atom. The number of amides is 1. The van der Waals surface area contributed by atoms with Crippen molar-refractivity contribution in [2.75, 3.05) is 20.1 Å². The van der Waals surface area contributed by atoms with Gasteiger partial charge in [0, 0.05) is 38.3 Å². The van der Waals surface area contributed by atoms with Gasteiger partial charge in [-0.25, -0.2) is 0 Å². The summed E-state index contributed by atoms with van der Waals surface area (Å²) < 4.78 is 0. The summed E-state index contributed by atoms with van der Waals surface area (Å²) in [6.45, 7) is 7.30. The van der Waals surface area contributed by atoms with Crippen LogP contribution in [0.3, 0.4) is 0 Å². The molecule has 1 unspecified atom stereocenters. The zero-order valence-corrected chi connectivity index (χ0v) is 17.9. The van der Waals surface area contributed by atoms with Gasteiger partial charge in [0.1, 0.15) is 0 Å². The second kappa shape index (κ2) is 7.79. The van der Waals surface area contributed by atoms with Crippen LogP contribution in [0, 0.1) is 13.8 Å². The fraction of sp³-hybridized carbons (Fsp3) is 0.500. The molecule has 1 aromatic heterocycles. The summed E-state index contributed by atoms with van der Waals surface area (Å²) in [6.07, 6.45) is 4.36. The Balaban J connectivity index is 1.47. The molecule has 5 nitrogen and oxygen atoms in total. The van der Waals surface area contributed by atoms with E-state index in [1.807, 2.05) is 25.8 Å². The highest BCUT2D eigenvalue weighted by Crippen LogP contribution is 2.29. The van der Waals surface area contributed by atoms with Crippen LogP contribution in [0.1, 0.15) is 63.0 Å². The molecule has 4 rings (SSSR count). The number of piperidine rings is 1. The lowest BCUT2D eigenvalue weighted by atomic mass is 9.99. The fourth-order valence-corrected chi connectivity index (χ4v) is 5.19. The minimum atomic E-state index is -0.0306. The van der Waals surface area contributed by atoms with Crippen molar-refractivity contribution in [3.05, 3.63) is 57.9 Å². The number of likely N-dealkylation sites (tertiary alicyclic amines) is 1. The van der Waals surface area contributed by atoms with E-state index in [1.54, 1.807) is 0 Å². The summed E-state index contributed by atoms with van der Waals surface area (Å²) in [5.74, 6) is -0.0118. The second-order valence-electron chi connectivity index (χ2n) is 8.72. The van der Waals surface area contributed by atoms with Crippen LogP contribution >= 0.6 is 0 Å². The van der Waals surface area contributed by atoms with Crippen LogP contribution in [0.2, 0.25) is 0 Å². The van der Waals surface area contributed by atoms with Gasteiger partial charge in [0.15, 0.2) is 5.78 Å². The minimum Gasteiger partial charge on any atom is -0.355 e. The monoisotopic (exact) mass is 393 g/mol. The van der Waals surface area contributed by atoms with Crippen LogP contribution in [0.5, 0.6) is 0 Å². The number of benzene rings is 1. The number of nitrogens with zero attached hydrogens (tertiary/aromatic N) is 2. The average molecular weight is 394 g/mol. The summed E-state index contributed by atoms with van der Waals surface area (Å²) in [5, 5.41) is 0. The number of aromatic nitrogens is 1. The molecule has 1 N–H and O–H groups in total. The van der Waals surface area contributed by atoms with Crippen LogP contribution in [0.15, 0.2) is 24.3 Å².